The van der Waals surface area contributed by atoms with Gasteiger partial charge in [0, 0.05) is 0 Å². The Morgan fingerprint density at radius 2 is 0.493 bits per heavy atom. The fourth-order valence-corrected chi connectivity index (χ4v) is 9.42. The third kappa shape index (κ3) is 12.6. The molecule has 22 rings (SSSR count). The number of aliphatic hydroxyl groups is 17. The minimum absolute atomic E-state index is 0. The van der Waals surface area contributed by atoms with Crippen molar-refractivity contribution < 1.29 is 192 Å². The van der Waals surface area contributed by atoms with Crippen LogP contribution in [0.2, 0.25) is 0 Å². The number of ether oxygens (including phenoxy) is 12. The molecule has 22 aliphatic rings. The molecule has 0 saturated carbocycles. The summed E-state index contributed by atoms with van der Waals surface area (Å²) >= 11 is 0. The van der Waals surface area contributed by atoms with Crippen molar-refractivity contribution in [3.8, 4) is 0 Å². The Hall–Kier alpha value is -0.0500. The summed E-state index contributed by atoms with van der Waals surface area (Å²) in [5, 5.41) is 186. The maximum atomic E-state index is 11.7. The molecule has 71 heavy (non-hydrogen) atoms. The van der Waals surface area contributed by atoms with E-state index >= 15 is 0 Å². The number of rotatable bonds is 8. The Labute approximate surface area is 422 Å². The summed E-state index contributed by atoms with van der Waals surface area (Å²) in [5.74, 6) is 0. The number of phosphoric ester groups is 1. The standard InChI is InChI=1S/C36H61O33P.Na/c37-1-7-25-13(42)19(48)31(58-7)65-26-8(2-38)60-33(21(50)15(26)44)67-28-10(4-40)62-35(23(52)17(28)46)69-30-12(6-57-70(54,55)56)63-36(24(53)18(30)47)68-29-11(5-41)61-34(22(51)16(29)45)66-27-9(3-39)59-32(64-25)20(49)14(27)43;/h7-53H,1-6H2,(H2,54,55,56);/q;+1/p-1/t7-,8-,9-,10-,11-,12-,13-,14-,15-,16-,17-,18-,19-,20-,21-,22-,23-,24-,25-,26-,27-,28-,29-,30-,31-,32-,33-,34-,35-,36-;/m1./s1. The molecule has 22 aliphatic heterocycles. The topological polar surface area (TPSA) is 524 Å². The van der Waals surface area contributed by atoms with E-state index in [1.807, 2.05) is 0 Å². The average molecular weight is 1070 g/mol. The zero-order valence-corrected chi connectivity index (χ0v) is 40.1. The molecule has 408 valence electrons. The van der Waals surface area contributed by atoms with Crippen LogP contribution in [-0.2, 0) is 65.9 Å². The molecule has 33 nitrogen and oxygen atoms in total. The molecule has 0 amide bonds. The fourth-order valence-electron chi connectivity index (χ4n) is 9.08. The molecule has 22 heterocycles. The van der Waals surface area contributed by atoms with Gasteiger partial charge in [-0.15, -0.1) is 0 Å². The zero-order valence-electron chi connectivity index (χ0n) is 37.2. The first-order valence-corrected chi connectivity index (χ1v) is 23.3. The largest absolute Gasteiger partial charge is 1.00 e. The van der Waals surface area contributed by atoms with E-state index < -0.39 is 232 Å². The van der Waals surface area contributed by atoms with Gasteiger partial charge in [0.25, 0.3) is 7.82 Å². The molecule has 1 unspecified atom stereocenters. The summed E-state index contributed by atoms with van der Waals surface area (Å²) in [7, 11) is -5.62. The first-order chi connectivity index (χ1) is 33.1. The van der Waals surface area contributed by atoms with Gasteiger partial charge in [-0.25, -0.2) is 0 Å². The van der Waals surface area contributed by atoms with Crippen molar-refractivity contribution in [3.63, 3.8) is 0 Å². The molecule has 0 radical (unpaired) electrons. The fraction of sp³-hybridized carbons (Fsp3) is 1.00. The molecule has 22 fully saturated rings. The van der Waals surface area contributed by atoms with E-state index in [4.69, 9.17) is 56.8 Å². The third-order valence-electron chi connectivity index (χ3n) is 12.9. The van der Waals surface area contributed by atoms with Crippen molar-refractivity contribution in [2.75, 3.05) is 39.6 Å². The molecule has 22 saturated heterocycles. The van der Waals surface area contributed by atoms with Crippen LogP contribution in [-0.4, -0.2) is 316 Å². The second kappa shape index (κ2) is 25.2. The summed E-state index contributed by atoms with van der Waals surface area (Å²) < 4.78 is 83.8. The predicted molar refractivity (Wildman–Crippen MR) is 204 cm³/mol. The third-order valence-corrected chi connectivity index (χ3v) is 13.4. The molecule has 0 aromatic heterocycles. The molecule has 31 atom stereocenters. The van der Waals surface area contributed by atoms with Crippen molar-refractivity contribution in [2.45, 2.75) is 184 Å². The maximum absolute atomic E-state index is 11.7. The zero-order chi connectivity index (χ0) is 51.3. The summed E-state index contributed by atoms with van der Waals surface area (Å²) in [6, 6.07) is 0. The van der Waals surface area contributed by atoms with Gasteiger partial charge in [-0.2, -0.15) is 0 Å². The maximum Gasteiger partial charge on any atom is 1.00 e. The van der Waals surface area contributed by atoms with Crippen LogP contribution in [0.25, 0.3) is 0 Å². The van der Waals surface area contributed by atoms with Crippen LogP contribution in [0, 0.1) is 0 Å². The van der Waals surface area contributed by atoms with Crippen LogP contribution in [0.5, 0.6) is 0 Å². The number of hydrogen-bond donors (Lipinski definition) is 18. The van der Waals surface area contributed by atoms with E-state index in [1.165, 1.54) is 0 Å². The minimum Gasteiger partial charge on any atom is -0.756 e. The normalized spacial score (nSPS) is 53.1. The molecule has 0 spiro atoms. The second-order valence-corrected chi connectivity index (χ2v) is 18.6. The molecular weight excluding hydrogens is 1010 g/mol. The van der Waals surface area contributed by atoms with Gasteiger partial charge in [-0.1, -0.05) is 0 Å². The number of phosphoric acid groups is 1. The van der Waals surface area contributed by atoms with Gasteiger partial charge < -0.3 is 158 Å². The van der Waals surface area contributed by atoms with Gasteiger partial charge in [0.15, 0.2) is 37.7 Å². The first kappa shape index (κ1) is 60.2. The second-order valence-electron chi connectivity index (χ2n) is 17.4. The van der Waals surface area contributed by atoms with E-state index in [9.17, 15) is 101 Å². The molecule has 12 bridgehead atoms. The van der Waals surface area contributed by atoms with Gasteiger partial charge in [0.2, 0.25) is 0 Å². The van der Waals surface area contributed by atoms with Crippen molar-refractivity contribution >= 4 is 7.82 Å². The smallest absolute Gasteiger partial charge is 0.756 e. The summed E-state index contributed by atoms with van der Waals surface area (Å²) in [5.41, 5.74) is 0. The molecule has 18 N–H and O–H groups in total. The Morgan fingerprint density at radius 1 is 0.324 bits per heavy atom. The molecular formula is C36H60NaO33P. The van der Waals surface area contributed by atoms with Crippen LogP contribution in [0.1, 0.15) is 0 Å². The van der Waals surface area contributed by atoms with Crippen molar-refractivity contribution in [1.29, 1.82) is 0 Å². The summed E-state index contributed by atoms with van der Waals surface area (Å²) in [6.45, 7) is -6.56. The quantitative estimate of drug-likeness (QED) is 0.0793. The van der Waals surface area contributed by atoms with E-state index in [1.54, 1.807) is 0 Å². The number of hydrogen-bond acceptors (Lipinski definition) is 32. The van der Waals surface area contributed by atoms with Crippen molar-refractivity contribution in [2.24, 2.45) is 0 Å². The molecule has 0 aromatic carbocycles. The molecule has 35 heteroatoms. The SMILES string of the molecule is O=P([O-])(O)OC[C@H]1O[C@@H]2O[C@H]3[C@H](O)[C@@H](O)[C@@H](O[C@H]4[C@H](O)[C@@H](O)[C@@H](O[C@H]5[C@H](O)[C@@H](O)[C@@H](O[C@H]6[C@H](O)[C@@H](O)[C@@H](O[C@H]7[C@H](O)[C@@H](O)[C@@H](O[C@H]1[C@H](O)[C@H]2O)O[C@@H]7CO)O[C@@H]6CO)O[C@@H]5CO)O[C@@H]4CO)O[C@@H]3CO.[Na+]. The van der Waals surface area contributed by atoms with E-state index in [0.29, 0.717) is 0 Å². The molecule has 0 aliphatic carbocycles. The van der Waals surface area contributed by atoms with Crippen LogP contribution < -0.4 is 34.5 Å². The van der Waals surface area contributed by atoms with Crippen molar-refractivity contribution in [3.05, 3.63) is 0 Å². The van der Waals surface area contributed by atoms with E-state index in [0.717, 1.165) is 0 Å². The predicted octanol–water partition coefficient (Wildman–Crippen LogP) is -16.6. The van der Waals surface area contributed by atoms with E-state index in [2.05, 4.69) is 4.52 Å². The van der Waals surface area contributed by atoms with Crippen LogP contribution in [0.3, 0.4) is 0 Å². The Morgan fingerprint density at radius 3 is 0.662 bits per heavy atom. The first-order valence-electron chi connectivity index (χ1n) is 21.8. The van der Waals surface area contributed by atoms with Gasteiger partial charge >= 0.3 is 29.6 Å². The average Bonchev–Trinajstić information content (AvgIpc) is 3.33. The monoisotopic (exact) mass is 1070 g/mol. The van der Waals surface area contributed by atoms with Crippen molar-refractivity contribution in [1.82, 2.24) is 0 Å². The van der Waals surface area contributed by atoms with Gasteiger partial charge in [0.05, 0.1) is 39.6 Å². The van der Waals surface area contributed by atoms with Crippen LogP contribution >= 0.6 is 7.82 Å². The Kier molecular flexibility index (Phi) is 21.3. The minimum atomic E-state index is -5.62. The van der Waals surface area contributed by atoms with E-state index in [-0.39, 0.29) is 29.6 Å². The Balaban J connectivity index is 0.00000825. The Bertz CT molecular complexity index is 1700. The van der Waals surface area contributed by atoms with Gasteiger partial charge in [-0.3, -0.25) is 4.57 Å². The van der Waals surface area contributed by atoms with Gasteiger partial charge in [0.1, 0.15) is 146 Å². The summed E-state index contributed by atoms with van der Waals surface area (Å²) in [4.78, 5) is 21.1. The van der Waals surface area contributed by atoms with Crippen LogP contribution in [0.15, 0.2) is 0 Å². The van der Waals surface area contributed by atoms with Crippen LogP contribution in [0.4, 0.5) is 0 Å². The number of aliphatic hydroxyl groups excluding tert-OH is 17. The summed E-state index contributed by atoms with van der Waals surface area (Å²) in [6.07, 6.45) is -61.6. The molecule has 0 aromatic rings. The van der Waals surface area contributed by atoms with Gasteiger partial charge in [-0.05, 0) is 0 Å².